The Balaban J connectivity index is 1.65. The summed E-state index contributed by atoms with van der Waals surface area (Å²) in [6, 6.07) is 9.93. The van der Waals surface area contributed by atoms with E-state index in [1.54, 1.807) is 17.9 Å². The minimum atomic E-state index is -0.531. The van der Waals surface area contributed by atoms with E-state index in [1.807, 2.05) is 12.3 Å². The van der Waals surface area contributed by atoms with Crippen molar-refractivity contribution < 1.29 is 9.13 Å². The summed E-state index contributed by atoms with van der Waals surface area (Å²) in [5.74, 6) is -0.531. The van der Waals surface area contributed by atoms with Crippen LogP contribution in [0.5, 0.6) is 0 Å². The Bertz CT molecular complexity index is 1350. The van der Waals surface area contributed by atoms with Crippen LogP contribution in [-0.4, -0.2) is 33.7 Å². The predicted molar refractivity (Wildman–Crippen MR) is 125 cm³/mol. The van der Waals surface area contributed by atoms with Crippen LogP contribution in [0.25, 0.3) is 10.9 Å². The van der Waals surface area contributed by atoms with Gasteiger partial charge >= 0.3 is 0 Å². The molecule has 0 bridgehead atoms. The molecule has 2 aromatic heterocycles. The minimum absolute atomic E-state index is 0.0317. The maximum Gasteiger partial charge on any atom is 0.141 e. The van der Waals surface area contributed by atoms with Crippen LogP contribution in [0.4, 0.5) is 21.5 Å². The molecule has 2 N–H and O–H groups in total. The molecule has 0 spiro atoms. The van der Waals surface area contributed by atoms with E-state index in [9.17, 15) is 9.65 Å². The molecule has 0 aliphatic rings. The van der Waals surface area contributed by atoms with Crippen LogP contribution >= 0.6 is 23.2 Å². The molecule has 0 amide bonds. The van der Waals surface area contributed by atoms with Gasteiger partial charge in [-0.25, -0.2) is 9.07 Å². The molecule has 0 saturated heterocycles. The minimum Gasteiger partial charge on any atom is -0.383 e. The quantitative estimate of drug-likeness (QED) is 0.356. The highest BCUT2D eigenvalue weighted by Gasteiger charge is 2.14. The van der Waals surface area contributed by atoms with E-state index in [4.69, 9.17) is 27.9 Å². The molecule has 0 radical (unpaired) electrons. The summed E-state index contributed by atoms with van der Waals surface area (Å²) in [6.45, 7) is 1.56. The molecule has 2 heterocycles. The molecule has 0 fully saturated rings. The number of ether oxygens (including phenoxy) is 1. The molecular formula is C22H18Cl2FN7O. The zero-order chi connectivity index (χ0) is 23.4. The first-order chi connectivity index (χ1) is 16.0. The molecule has 8 nitrogen and oxygen atoms in total. The lowest BCUT2D eigenvalue weighted by Crippen LogP contribution is -2.04. The van der Waals surface area contributed by atoms with Gasteiger partial charge in [-0.3, -0.25) is 4.98 Å². The van der Waals surface area contributed by atoms with Crippen molar-refractivity contribution in [2.24, 2.45) is 0 Å². The highest BCUT2D eigenvalue weighted by Crippen LogP contribution is 2.35. The number of aromatic nitrogens is 4. The number of fused-ring (bicyclic) bond motifs is 1. The molecule has 11 heteroatoms. The van der Waals surface area contributed by atoms with E-state index in [1.165, 1.54) is 24.4 Å². The van der Waals surface area contributed by atoms with Crippen molar-refractivity contribution in [2.75, 3.05) is 24.4 Å². The number of nitriles is 1. The van der Waals surface area contributed by atoms with E-state index < -0.39 is 5.82 Å². The topological polar surface area (TPSA) is 101 Å². The van der Waals surface area contributed by atoms with Gasteiger partial charge in [-0.15, -0.1) is 5.10 Å². The van der Waals surface area contributed by atoms with Crippen LogP contribution in [0.15, 0.2) is 42.7 Å². The molecule has 2 aromatic carbocycles. The number of nitrogens with zero attached hydrogens (tertiary/aromatic N) is 5. The monoisotopic (exact) mass is 485 g/mol. The average molecular weight is 486 g/mol. The van der Waals surface area contributed by atoms with E-state index in [0.29, 0.717) is 58.2 Å². The molecule has 168 valence electrons. The number of hydrogen-bond acceptors (Lipinski definition) is 7. The summed E-state index contributed by atoms with van der Waals surface area (Å²) >= 11 is 12.4. The Labute approximate surface area is 198 Å². The molecule has 0 aliphatic carbocycles. The van der Waals surface area contributed by atoms with Gasteiger partial charge in [0.15, 0.2) is 0 Å². The van der Waals surface area contributed by atoms with Gasteiger partial charge in [0.05, 0.1) is 52.7 Å². The van der Waals surface area contributed by atoms with Gasteiger partial charge in [0.2, 0.25) is 0 Å². The normalized spacial score (nSPS) is 10.9. The first kappa shape index (κ1) is 22.7. The molecule has 4 rings (SSSR count). The Morgan fingerprint density at radius 3 is 2.76 bits per heavy atom. The van der Waals surface area contributed by atoms with Crippen LogP contribution in [0, 0.1) is 17.1 Å². The lowest BCUT2D eigenvalue weighted by atomic mass is 10.1. The van der Waals surface area contributed by atoms with Crippen LogP contribution in [0.1, 0.15) is 11.3 Å². The number of nitrogens with one attached hydrogen (secondary N) is 2. The van der Waals surface area contributed by atoms with Gasteiger partial charge < -0.3 is 15.4 Å². The van der Waals surface area contributed by atoms with Crippen molar-refractivity contribution in [3.05, 3.63) is 69.8 Å². The van der Waals surface area contributed by atoms with Gasteiger partial charge in [-0.05, 0) is 30.3 Å². The lowest BCUT2D eigenvalue weighted by molar-refractivity contribution is 0.183. The lowest BCUT2D eigenvalue weighted by Gasteiger charge is -2.14. The van der Waals surface area contributed by atoms with Gasteiger partial charge in [0.1, 0.15) is 17.6 Å². The van der Waals surface area contributed by atoms with Crippen molar-refractivity contribution in [2.45, 2.75) is 13.1 Å². The van der Waals surface area contributed by atoms with Crippen molar-refractivity contribution in [3.63, 3.8) is 0 Å². The highest BCUT2D eigenvalue weighted by molar-refractivity contribution is 6.36. The number of rotatable bonds is 8. The van der Waals surface area contributed by atoms with Crippen molar-refractivity contribution in [1.82, 2.24) is 20.0 Å². The summed E-state index contributed by atoms with van der Waals surface area (Å²) < 4.78 is 20.3. The van der Waals surface area contributed by atoms with Crippen LogP contribution in [0.3, 0.4) is 0 Å². The third-order valence-corrected chi connectivity index (χ3v) is 5.40. The fraction of sp³-hybridized carbons (Fsp3) is 0.182. The fourth-order valence-electron chi connectivity index (χ4n) is 3.21. The summed E-state index contributed by atoms with van der Waals surface area (Å²) in [5.41, 5.74) is 3.27. The number of benzene rings is 2. The van der Waals surface area contributed by atoms with Crippen molar-refractivity contribution in [1.29, 1.82) is 5.26 Å². The van der Waals surface area contributed by atoms with E-state index >= 15 is 0 Å². The Kier molecular flexibility index (Phi) is 6.89. The maximum atomic E-state index is 13.6. The number of pyridine rings is 1. The maximum absolute atomic E-state index is 13.6. The SMILES string of the molecule is COCCn1cc(CNc2cc(Cl)c3ncc(C#N)c(Nc4ccc(F)c(Cl)c4)c3c2)nn1. The number of hydrogen-bond donors (Lipinski definition) is 2. The molecule has 33 heavy (non-hydrogen) atoms. The Hall–Kier alpha value is -3.45. The van der Waals surface area contributed by atoms with E-state index in [2.05, 4.69) is 32.0 Å². The number of halogens is 3. The van der Waals surface area contributed by atoms with Gasteiger partial charge in [-0.1, -0.05) is 28.4 Å². The first-order valence-electron chi connectivity index (χ1n) is 9.84. The second-order valence-corrected chi connectivity index (χ2v) is 7.90. The summed E-state index contributed by atoms with van der Waals surface area (Å²) in [7, 11) is 1.63. The van der Waals surface area contributed by atoms with Crippen molar-refractivity contribution in [3.8, 4) is 6.07 Å². The number of anilines is 3. The molecular weight excluding hydrogens is 468 g/mol. The highest BCUT2D eigenvalue weighted by atomic mass is 35.5. The van der Waals surface area contributed by atoms with Gasteiger partial charge in [0, 0.05) is 30.1 Å². The molecule has 0 aliphatic heterocycles. The second-order valence-electron chi connectivity index (χ2n) is 7.09. The molecule has 0 atom stereocenters. The van der Waals surface area contributed by atoms with Crippen molar-refractivity contribution >= 4 is 51.2 Å². The summed E-state index contributed by atoms with van der Waals surface area (Å²) in [4.78, 5) is 4.33. The van der Waals surface area contributed by atoms with Crippen LogP contribution < -0.4 is 10.6 Å². The second kappa shape index (κ2) is 10.0. The van der Waals surface area contributed by atoms with Crippen LogP contribution in [0.2, 0.25) is 10.0 Å². The smallest absolute Gasteiger partial charge is 0.141 e. The number of methoxy groups -OCH3 is 1. The first-order valence-corrected chi connectivity index (χ1v) is 10.6. The van der Waals surface area contributed by atoms with Crippen LogP contribution in [-0.2, 0) is 17.8 Å². The van der Waals surface area contributed by atoms with Gasteiger partial charge in [-0.2, -0.15) is 5.26 Å². The third-order valence-electron chi connectivity index (χ3n) is 4.82. The summed E-state index contributed by atoms with van der Waals surface area (Å²) in [6.07, 6.45) is 3.27. The third kappa shape index (κ3) is 5.14. The summed E-state index contributed by atoms with van der Waals surface area (Å²) in [5, 5.41) is 25.2. The Morgan fingerprint density at radius 1 is 1.18 bits per heavy atom. The zero-order valence-electron chi connectivity index (χ0n) is 17.4. The predicted octanol–water partition coefficient (Wildman–Crippen LogP) is 5.15. The average Bonchev–Trinajstić information content (AvgIpc) is 3.27. The zero-order valence-corrected chi connectivity index (χ0v) is 19.0. The molecule has 0 unspecified atom stereocenters. The van der Waals surface area contributed by atoms with E-state index in [0.717, 1.165) is 5.69 Å². The largest absolute Gasteiger partial charge is 0.383 e. The molecule has 0 saturated carbocycles. The molecule has 4 aromatic rings. The van der Waals surface area contributed by atoms with Gasteiger partial charge in [0.25, 0.3) is 0 Å². The standard InChI is InChI=1S/C22H18Cl2FN7O/c1-33-5-4-32-12-16(30-31-32)11-27-15-6-17-21(29-14-2-3-20(25)18(23)7-14)13(9-26)10-28-22(17)19(24)8-15/h2-3,6-8,10,12,27H,4-5,11H2,1H3,(H,28,29). The fourth-order valence-corrected chi connectivity index (χ4v) is 3.65. The Morgan fingerprint density at radius 2 is 2.00 bits per heavy atom. The van der Waals surface area contributed by atoms with E-state index in [-0.39, 0.29) is 5.02 Å².